The molecule has 74 valence electrons. The molecule has 0 saturated carbocycles. The zero-order chi connectivity index (χ0) is 10.1. The lowest BCUT2D eigenvalue weighted by atomic mass is 10.0. The minimum absolute atomic E-state index is 0.592. The van der Waals surface area contributed by atoms with Gasteiger partial charge in [-0.1, -0.05) is 30.3 Å². The molecule has 0 spiro atoms. The number of rotatable bonds is 1. The summed E-state index contributed by atoms with van der Waals surface area (Å²) in [6.07, 6.45) is 3.63. The van der Waals surface area contributed by atoms with Gasteiger partial charge in [-0.05, 0) is 5.56 Å². The van der Waals surface area contributed by atoms with Gasteiger partial charge in [0.05, 0.1) is 5.56 Å². The van der Waals surface area contributed by atoms with Crippen LogP contribution in [-0.2, 0) is 0 Å². The van der Waals surface area contributed by atoms with E-state index >= 15 is 0 Å². The Morgan fingerprint density at radius 3 is 2.93 bits per heavy atom. The van der Waals surface area contributed by atoms with Crippen molar-refractivity contribution in [3.63, 3.8) is 0 Å². The normalized spacial score (nSPS) is 13.3. The number of hydrogen-bond acceptors (Lipinski definition) is 3. The Labute approximate surface area is 87.5 Å². The van der Waals surface area contributed by atoms with Crippen LogP contribution in [0.5, 0.6) is 0 Å². The van der Waals surface area contributed by atoms with Crippen LogP contribution < -0.4 is 5.32 Å². The average molecular weight is 198 g/mol. The van der Waals surface area contributed by atoms with Crippen molar-refractivity contribution in [3.05, 3.63) is 42.2 Å². The van der Waals surface area contributed by atoms with Gasteiger partial charge in [0.25, 0.3) is 0 Å². The van der Waals surface area contributed by atoms with Crippen molar-refractivity contribution >= 4 is 12.1 Å². The Kier molecular flexibility index (Phi) is 1.81. The van der Waals surface area contributed by atoms with Gasteiger partial charge < -0.3 is 9.73 Å². The van der Waals surface area contributed by atoms with Gasteiger partial charge in [0.1, 0.15) is 12.9 Å². The van der Waals surface area contributed by atoms with Crippen molar-refractivity contribution in [3.8, 4) is 11.1 Å². The van der Waals surface area contributed by atoms with Gasteiger partial charge in [0, 0.05) is 11.8 Å². The first kappa shape index (κ1) is 8.29. The van der Waals surface area contributed by atoms with Gasteiger partial charge in [0.15, 0.2) is 0 Å². The molecule has 3 heteroatoms. The molecule has 3 rings (SSSR count). The fourth-order valence-electron chi connectivity index (χ4n) is 1.73. The Hall–Kier alpha value is -2.03. The second kappa shape index (κ2) is 3.28. The van der Waals surface area contributed by atoms with E-state index in [9.17, 15) is 0 Å². The number of benzene rings is 1. The summed E-state index contributed by atoms with van der Waals surface area (Å²) in [6.45, 7) is 0.592. The van der Waals surface area contributed by atoms with Gasteiger partial charge in [-0.25, -0.2) is 0 Å². The number of nitrogens with one attached hydrogen (secondary N) is 1. The molecule has 0 unspecified atom stereocenters. The number of fused-ring (bicyclic) bond motifs is 1. The summed E-state index contributed by atoms with van der Waals surface area (Å²) in [7, 11) is 0. The monoisotopic (exact) mass is 198 g/mol. The van der Waals surface area contributed by atoms with Crippen molar-refractivity contribution in [2.24, 2.45) is 4.99 Å². The summed E-state index contributed by atoms with van der Waals surface area (Å²) in [6, 6.07) is 10.2. The SMILES string of the molecule is C1=NCNc2occ(-c3ccccc3)c21. The predicted molar refractivity (Wildman–Crippen MR) is 60.2 cm³/mol. The van der Waals surface area contributed by atoms with E-state index in [0.717, 1.165) is 22.6 Å². The van der Waals surface area contributed by atoms with E-state index in [0.29, 0.717) is 6.67 Å². The smallest absolute Gasteiger partial charge is 0.203 e. The van der Waals surface area contributed by atoms with Gasteiger partial charge in [-0.2, -0.15) is 0 Å². The molecule has 1 aliphatic rings. The van der Waals surface area contributed by atoms with Crippen LogP contribution >= 0.6 is 0 Å². The van der Waals surface area contributed by atoms with Gasteiger partial charge in [0.2, 0.25) is 5.88 Å². The van der Waals surface area contributed by atoms with Crippen LogP contribution in [0.3, 0.4) is 0 Å². The number of furan rings is 1. The molecule has 0 radical (unpaired) electrons. The zero-order valence-corrected chi connectivity index (χ0v) is 8.10. The molecule has 1 aliphatic heterocycles. The Balaban J connectivity index is 2.15. The minimum atomic E-state index is 0.592. The van der Waals surface area contributed by atoms with Gasteiger partial charge in [-0.15, -0.1) is 0 Å². The molecular formula is C12H10N2O. The van der Waals surface area contributed by atoms with Crippen LogP contribution in [0.2, 0.25) is 0 Å². The third-order valence-corrected chi connectivity index (χ3v) is 2.47. The van der Waals surface area contributed by atoms with E-state index in [-0.39, 0.29) is 0 Å². The average Bonchev–Trinajstić information content (AvgIpc) is 2.74. The van der Waals surface area contributed by atoms with E-state index in [4.69, 9.17) is 4.42 Å². The first-order valence-corrected chi connectivity index (χ1v) is 4.86. The zero-order valence-electron chi connectivity index (χ0n) is 8.10. The lowest BCUT2D eigenvalue weighted by Gasteiger charge is -2.06. The maximum Gasteiger partial charge on any atom is 0.203 e. The summed E-state index contributed by atoms with van der Waals surface area (Å²) in [5.41, 5.74) is 3.27. The molecule has 2 heterocycles. The molecule has 3 nitrogen and oxygen atoms in total. The van der Waals surface area contributed by atoms with Crippen molar-refractivity contribution in [2.45, 2.75) is 0 Å². The molecule has 0 saturated heterocycles. The van der Waals surface area contributed by atoms with Crippen LogP contribution in [0.25, 0.3) is 11.1 Å². The van der Waals surface area contributed by atoms with E-state index in [1.54, 1.807) is 6.26 Å². The minimum Gasteiger partial charge on any atom is -0.448 e. The van der Waals surface area contributed by atoms with Crippen molar-refractivity contribution in [1.82, 2.24) is 0 Å². The van der Waals surface area contributed by atoms with Crippen molar-refractivity contribution in [1.29, 1.82) is 0 Å². The third-order valence-electron chi connectivity index (χ3n) is 2.47. The summed E-state index contributed by atoms with van der Waals surface area (Å²) in [5, 5.41) is 3.09. The predicted octanol–water partition coefficient (Wildman–Crippen LogP) is 2.75. The van der Waals surface area contributed by atoms with Crippen LogP contribution in [0.4, 0.5) is 5.88 Å². The highest BCUT2D eigenvalue weighted by molar-refractivity contribution is 5.96. The van der Waals surface area contributed by atoms with Gasteiger partial charge >= 0.3 is 0 Å². The maximum absolute atomic E-state index is 5.44. The first-order valence-electron chi connectivity index (χ1n) is 4.86. The molecule has 0 bridgehead atoms. The van der Waals surface area contributed by atoms with E-state index in [1.165, 1.54) is 0 Å². The second-order valence-corrected chi connectivity index (χ2v) is 3.40. The Morgan fingerprint density at radius 2 is 2.07 bits per heavy atom. The second-order valence-electron chi connectivity index (χ2n) is 3.40. The molecule has 1 N–H and O–H groups in total. The highest BCUT2D eigenvalue weighted by Gasteiger charge is 2.14. The molecule has 0 aliphatic carbocycles. The standard InChI is InChI=1S/C12H10N2O/c1-2-4-9(5-3-1)11-7-15-12-10(11)6-13-8-14-12/h1-7,14H,8H2. The van der Waals surface area contributed by atoms with E-state index in [2.05, 4.69) is 22.4 Å². The number of nitrogens with zero attached hydrogens (tertiary/aromatic N) is 1. The maximum atomic E-state index is 5.44. The Bertz CT molecular complexity index is 500. The van der Waals surface area contributed by atoms with Crippen LogP contribution in [0.15, 0.2) is 46.0 Å². The summed E-state index contributed by atoms with van der Waals surface area (Å²) in [5.74, 6) is 0.809. The molecule has 1 aromatic carbocycles. The summed E-state index contributed by atoms with van der Waals surface area (Å²) < 4.78 is 5.44. The number of hydrogen-bond donors (Lipinski definition) is 1. The highest BCUT2D eigenvalue weighted by atomic mass is 16.3. The van der Waals surface area contributed by atoms with Crippen molar-refractivity contribution in [2.75, 3.05) is 12.0 Å². The number of aliphatic imine (C=N–C) groups is 1. The molecule has 1 aromatic heterocycles. The van der Waals surface area contributed by atoms with E-state index < -0.39 is 0 Å². The lowest BCUT2D eigenvalue weighted by molar-refractivity contribution is 0.579. The third kappa shape index (κ3) is 1.32. The van der Waals surface area contributed by atoms with Gasteiger partial charge in [-0.3, -0.25) is 4.99 Å². The molecule has 0 atom stereocenters. The van der Waals surface area contributed by atoms with Crippen molar-refractivity contribution < 1.29 is 4.42 Å². The summed E-state index contributed by atoms with van der Waals surface area (Å²) >= 11 is 0. The topological polar surface area (TPSA) is 37.5 Å². The highest BCUT2D eigenvalue weighted by Crippen LogP contribution is 2.31. The summed E-state index contributed by atoms with van der Waals surface area (Å²) in [4.78, 5) is 4.18. The molecule has 15 heavy (non-hydrogen) atoms. The molecule has 0 fully saturated rings. The fraction of sp³-hybridized carbons (Fsp3) is 0.0833. The number of anilines is 1. The van der Waals surface area contributed by atoms with Crippen LogP contribution in [0.1, 0.15) is 5.56 Å². The molecule has 2 aromatic rings. The molecular weight excluding hydrogens is 188 g/mol. The van der Waals surface area contributed by atoms with E-state index in [1.807, 2.05) is 24.4 Å². The van der Waals surface area contributed by atoms with Crippen LogP contribution in [0, 0.1) is 0 Å². The Morgan fingerprint density at radius 1 is 1.20 bits per heavy atom. The lowest BCUT2D eigenvalue weighted by Crippen LogP contribution is -2.05. The molecule has 0 amide bonds. The fourth-order valence-corrected chi connectivity index (χ4v) is 1.73. The largest absolute Gasteiger partial charge is 0.448 e. The quantitative estimate of drug-likeness (QED) is 0.765. The van der Waals surface area contributed by atoms with Crippen LogP contribution in [-0.4, -0.2) is 12.9 Å². The first-order chi connectivity index (χ1) is 7.45.